The molecule has 174 valence electrons. The van der Waals surface area contributed by atoms with E-state index in [0.717, 1.165) is 12.8 Å². The number of likely N-dealkylation sites (tertiary alicyclic amines) is 2. The molecule has 0 unspecified atom stereocenters. The van der Waals surface area contributed by atoms with Crippen LogP contribution in [-0.2, 0) is 14.9 Å². The number of carbonyl (C=O) groups is 2. The van der Waals surface area contributed by atoms with E-state index in [4.69, 9.17) is 4.74 Å². The maximum Gasteiger partial charge on any atom is 0.410 e. The zero-order valence-corrected chi connectivity index (χ0v) is 20.1. The second kappa shape index (κ2) is 7.89. The zero-order chi connectivity index (χ0) is 23.4. The molecule has 5 rings (SSSR count). The number of hydrogen-bond donors (Lipinski definition) is 0. The summed E-state index contributed by atoms with van der Waals surface area (Å²) in [5, 5.41) is 0. The highest BCUT2D eigenvalue weighted by atomic mass is 16.6. The van der Waals surface area contributed by atoms with Crippen LogP contribution in [-0.4, -0.2) is 40.5 Å². The number of nitrogens with zero attached hydrogens (tertiary/aromatic N) is 2. The van der Waals surface area contributed by atoms with E-state index in [1.54, 1.807) is 0 Å². The molecule has 2 aromatic rings. The lowest BCUT2D eigenvalue weighted by atomic mass is 9.60. The van der Waals surface area contributed by atoms with Crippen molar-refractivity contribution in [3.8, 4) is 0 Å². The second-order valence-electron chi connectivity index (χ2n) is 11.0. The molecule has 2 saturated heterocycles. The van der Waals surface area contributed by atoms with Crippen molar-refractivity contribution in [1.82, 2.24) is 9.80 Å². The Labute approximate surface area is 196 Å². The Morgan fingerprint density at radius 2 is 1.76 bits per heavy atom. The van der Waals surface area contributed by atoms with Crippen molar-refractivity contribution in [2.24, 2.45) is 5.92 Å². The van der Waals surface area contributed by atoms with Gasteiger partial charge in [-0.2, -0.15) is 0 Å². The van der Waals surface area contributed by atoms with E-state index in [2.05, 4.69) is 60.4 Å². The summed E-state index contributed by atoms with van der Waals surface area (Å²) >= 11 is 0. The molecular formula is C28H34N2O3. The molecule has 2 aromatic carbocycles. The van der Waals surface area contributed by atoms with Gasteiger partial charge in [-0.25, -0.2) is 4.79 Å². The number of rotatable bonds is 3. The lowest BCUT2D eigenvalue weighted by Gasteiger charge is -2.55. The molecule has 0 N–H and O–H groups in total. The molecule has 2 amide bonds. The van der Waals surface area contributed by atoms with Crippen LogP contribution >= 0.6 is 0 Å². The van der Waals surface area contributed by atoms with Crippen LogP contribution in [0.25, 0.3) is 0 Å². The lowest BCUT2D eigenvalue weighted by Crippen LogP contribution is -2.64. The molecule has 5 nitrogen and oxygen atoms in total. The molecule has 1 aliphatic carbocycles. The third-order valence-electron chi connectivity index (χ3n) is 7.52. The van der Waals surface area contributed by atoms with Crippen molar-refractivity contribution in [2.75, 3.05) is 13.1 Å². The minimum atomic E-state index is -0.500. The highest BCUT2D eigenvalue weighted by molar-refractivity contribution is 5.81. The predicted molar refractivity (Wildman–Crippen MR) is 128 cm³/mol. The Morgan fingerprint density at radius 3 is 2.42 bits per heavy atom. The first-order valence-corrected chi connectivity index (χ1v) is 12.2. The van der Waals surface area contributed by atoms with Crippen LogP contribution in [0.2, 0.25) is 0 Å². The maximum absolute atomic E-state index is 13.4. The van der Waals surface area contributed by atoms with Crippen LogP contribution in [0.3, 0.4) is 0 Å². The van der Waals surface area contributed by atoms with Gasteiger partial charge in [0.2, 0.25) is 5.91 Å². The van der Waals surface area contributed by atoms with Gasteiger partial charge in [0.15, 0.2) is 0 Å². The fourth-order valence-corrected chi connectivity index (χ4v) is 6.34. The highest BCUT2D eigenvalue weighted by Crippen LogP contribution is 2.57. The summed E-state index contributed by atoms with van der Waals surface area (Å²) < 4.78 is 5.60. The second-order valence-corrected chi connectivity index (χ2v) is 11.0. The first-order valence-electron chi connectivity index (χ1n) is 12.2. The smallest absolute Gasteiger partial charge is 0.410 e. The molecule has 2 aliphatic heterocycles. The SMILES string of the molecule is CC[C@H](c1ccccc1)N1C(=O)C[C@H]2CC3(CN(C(=O)OC(C)(C)C)C3)c3ccccc3[C@H]21. The molecule has 0 saturated carbocycles. The van der Waals surface area contributed by atoms with Crippen molar-refractivity contribution in [3.05, 3.63) is 71.3 Å². The molecular weight excluding hydrogens is 412 g/mol. The van der Waals surface area contributed by atoms with Crippen molar-refractivity contribution >= 4 is 12.0 Å². The Morgan fingerprint density at radius 1 is 1.09 bits per heavy atom. The summed E-state index contributed by atoms with van der Waals surface area (Å²) in [4.78, 5) is 30.0. The number of ether oxygens (including phenoxy) is 1. The maximum atomic E-state index is 13.4. The molecule has 0 aromatic heterocycles. The van der Waals surface area contributed by atoms with Gasteiger partial charge in [0.1, 0.15) is 5.60 Å². The van der Waals surface area contributed by atoms with Crippen molar-refractivity contribution < 1.29 is 14.3 Å². The van der Waals surface area contributed by atoms with E-state index in [1.807, 2.05) is 31.7 Å². The summed E-state index contributed by atoms with van der Waals surface area (Å²) in [6.45, 7) is 9.18. The van der Waals surface area contributed by atoms with E-state index < -0.39 is 5.60 Å². The minimum absolute atomic E-state index is 0.0791. The Hall–Kier alpha value is -2.82. The van der Waals surface area contributed by atoms with Gasteiger partial charge in [-0.15, -0.1) is 0 Å². The summed E-state index contributed by atoms with van der Waals surface area (Å²) in [5.74, 6) is 0.516. The van der Waals surface area contributed by atoms with E-state index >= 15 is 0 Å². The number of hydrogen-bond acceptors (Lipinski definition) is 3. The van der Waals surface area contributed by atoms with Gasteiger partial charge in [0.05, 0.1) is 12.1 Å². The predicted octanol–water partition coefficient (Wildman–Crippen LogP) is 5.62. The van der Waals surface area contributed by atoms with Gasteiger partial charge in [-0.3, -0.25) is 4.79 Å². The molecule has 5 heteroatoms. The zero-order valence-electron chi connectivity index (χ0n) is 20.1. The Kier molecular flexibility index (Phi) is 5.26. The third-order valence-corrected chi connectivity index (χ3v) is 7.52. The molecule has 33 heavy (non-hydrogen) atoms. The molecule has 1 spiro atoms. The van der Waals surface area contributed by atoms with Crippen LogP contribution in [0.15, 0.2) is 54.6 Å². The fraction of sp³-hybridized carbons (Fsp3) is 0.500. The lowest BCUT2D eigenvalue weighted by molar-refractivity contribution is -0.131. The average molecular weight is 447 g/mol. The summed E-state index contributed by atoms with van der Waals surface area (Å²) in [6, 6.07) is 19.2. The number of benzene rings is 2. The van der Waals surface area contributed by atoms with Crippen molar-refractivity contribution in [3.63, 3.8) is 0 Å². The van der Waals surface area contributed by atoms with E-state index in [0.29, 0.717) is 19.5 Å². The van der Waals surface area contributed by atoms with Crippen molar-refractivity contribution in [1.29, 1.82) is 0 Å². The molecule has 2 heterocycles. The van der Waals surface area contributed by atoms with Gasteiger partial charge >= 0.3 is 6.09 Å². The monoisotopic (exact) mass is 446 g/mol. The first kappa shape index (κ1) is 22.0. The number of amides is 2. The Bertz CT molecular complexity index is 1050. The van der Waals surface area contributed by atoms with Crippen LogP contribution in [0, 0.1) is 5.92 Å². The van der Waals surface area contributed by atoms with Gasteiger partial charge in [-0.05, 0) is 56.2 Å². The minimum Gasteiger partial charge on any atom is -0.444 e. The van der Waals surface area contributed by atoms with Crippen LogP contribution in [0.1, 0.15) is 75.7 Å². The van der Waals surface area contributed by atoms with Crippen LogP contribution in [0.4, 0.5) is 4.79 Å². The standard InChI is InChI=1S/C28H34N2O3/c1-5-23(19-11-7-6-8-12-19)30-24(31)15-20-16-28(22-14-10-9-13-21(22)25(20)30)17-29(18-28)26(32)33-27(2,3)4/h6-14,20,23,25H,5,15-18H2,1-4H3/t20-,23+,25-/m0/s1. The number of fused-ring (bicyclic) bond motifs is 4. The summed E-state index contributed by atoms with van der Waals surface area (Å²) in [6.07, 6.45) is 2.16. The van der Waals surface area contributed by atoms with E-state index in [-0.39, 0.29) is 35.4 Å². The largest absolute Gasteiger partial charge is 0.444 e. The summed E-state index contributed by atoms with van der Waals surface area (Å²) in [5.41, 5.74) is 3.18. The average Bonchev–Trinajstić information content (AvgIpc) is 3.07. The molecule has 3 aliphatic rings. The fourth-order valence-electron chi connectivity index (χ4n) is 6.34. The van der Waals surface area contributed by atoms with Gasteiger partial charge in [0.25, 0.3) is 0 Å². The van der Waals surface area contributed by atoms with E-state index in [9.17, 15) is 9.59 Å². The normalized spacial score (nSPS) is 24.2. The summed E-state index contributed by atoms with van der Waals surface area (Å²) in [7, 11) is 0. The quantitative estimate of drug-likeness (QED) is 0.615. The van der Waals surface area contributed by atoms with E-state index in [1.165, 1.54) is 16.7 Å². The molecule has 0 bridgehead atoms. The first-order chi connectivity index (χ1) is 15.7. The molecule has 2 fully saturated rings. The van der Waals surface area contributed by atoms with Crippen LogP contribution < -0.4 is 0 Å². The van der Waals surface area contributed by atoms with Gasteiger partial charge < -0.3 is 14.5 Å². The highest BCUT2D eigenvalue weighted by Gasteiger charge is 2.57. The molecule has 3 atom stereocenters. The Balaban J connectivity index is 1.46. The van der Waals surface area contributed by atoms with Crippen molar-refractivity contribution in [2.45, 2.75) is 70.1 Å². The topological polar surface area (TPSA) is 49.9 Å². The third kappa shape index (κ3) is 3.71. The van der Waals surface area contributed by atoms with Gasteiger partial charge in [0, 0.05) is 24.9 Å². The molecule has 0 radical (unpaired) electrons. The van der Waals surface area contributed by atoms with Crippen LogP contribution in [0.5, 0.6) is 0 Å². The number of carbonyl (C=O) groups excluding carboxylic acids is 2. The van der Waals surface area contributed by atoms with Gasteiger partial charge in [-0.1, -0.05) is 61.5 Å².